The molecule has 0 heterocycles. The molecule has 0 spiro atoms. The maximum Gasteiger partial charge on any atom is 0.343 e. The summed E-state index contributed by atoms with van der Waals surface area (Å²) in [6, 6.07) is 48.6. The van der Waals surface area contributed by atoms with Crippen LogP contribution in [-0.4, -0.2) is 11.9 Å². The number of rotatable bonds is 10. The van der Waals surface area contributed by atoms with E-state index < -0.39 is 11.9 Å². The third kappa shape index (κ3) is 7.35. The summed E-state index contributed by atoms with van der Waals surface area (Å²) in [4.78, 5) is 25.7. The summed E-state index contributed by atoms with van der Waals surface area (Å²) < 4.78 is 23.0. The Kier molecular flexibility index (Phi) is 8.78. The van der Waals surface area contributed by atoms with Crippen LogP contribution >= 0.6 is 0 Å². The van der Waals surface area contributed by atoms with Crippen LogP contribution in [-0.2, 0) is 13.2 Å². The molecule has 6 heteroatoms. The van der Waals surface area contributed by atoms with Gasteiger partial charge in [-0.05, 0) is 118 Å². The van der Waals surface area contributed by atoms with E-state index in [0.717, 1.165) is 32.7 Å². The molecule has 7 rings (SSSR count). The van der Waals surface area contributed by atoms with Gasteiger partial charge in [-0.1, -0.05) is 72.8 Å². The zero-order valence-corrected chi connectivity index (χ0v) is 25.9. The molecule has 48 heavy (non-hydrogen) atoms. The Labute approximate surface area is 277 Å². The van der Waals surface area contributed by atoms with Crippen LogP contribution in [0.4, 0.5) is 0 Å². The van der Waals surface area contributed by atoms with Crippen molar-refractivity contribution in [2.24, 2.45) is 0 Å². The second-order valence-corrected chi connectivity index (χ2v) is 11.2. The maximum atomic E-state index is 12.9. The second kappa shape index (κ2) is 13.9. The summed E-state index contributed by atoms with van der Waals surface area (Å²) in [5, 5.41) is 3.74. The Hall–Kier alpha value is -6.40. The molecule has 0 amide bonds. The van der Waals surface area contributed by atoms with Crippen molar-refractivity contribution < 1.29 is 28.5 Å². The Balaban J connectivity index is 0.974. The Morgan fingerprint density at radius 1 is 0.375 bits per heavy atom. The lowest BCUT2D eigenvalue weighted by Gasteiger charge is -2.10. The number of carbonyl (C=O) groups is 2. The van der Waals surface area contributed by atoms with E-state index in [9.17, 15) is 9.59 Å². The van der Waals surface area contributed by atoms with E-state index in [0.29, 0.717) is 47.3 Å². The first-order chi connectivity index (χ1) is 23.6. The molecule has 0 unspecified atom stereocenters. The average molecular weight is 631 g/mol. The predicted octanol–water partition coefficient (Wildman–Crippen LogP) is 9.59. The van der Waals surface area contributed by atoms with Gasteiger partial charge in [0.2, 0.25) is 0 Å². The van der Waals surface area contributed by atoms with Crippen LogP contribution in [0.1, 0.15) is 31.8 Å². The summed E-state index contributed by atoms with van der Waals surface area (Å²) in [7, 11) is 0. The van der Waals surface area contributed by atoms with Crippen LogP contribution in [0.5, 0.6) is 23.0 Å². The van der Waals surface area contributed by atoms with E-state index in [-0.39, 0.29) is 0 Å². The van der Waals surface area contributed by atoms with Gasteiger partial charge in [0.1, 0.15) is 36.2 Å². The molecule has 0 N–H and O–H groups in total. The Morgan fingerprint density at radius 2 is 0.750 bits per heavy atom. The second-order valence-electron chi connectivity index (χ2n) is 11.2. The number of benzene rings is 7. The minimum Gasteiger partial charge on any atom is -0.489 e. The van der Waals surface area contributed by atoms with E-state index in [4.69, 9.17) is 18.9 Å². The Bertz CT molecular complexity index is 2030. The molecule has 0 aliphatic rings. The Morgan fingerprint density at radius 3 is 1.15 bits per heavy atom. The zero-order chi connectivity index (χ0) is 32.7. The van der Waals surface area contributed by atoms with Gasteiger partial charge < -0.3 is 18.9 Å². The molecule has 0 aliphatic carbocycles. The van der Waals surface area contributed by atoms with Gasteiger partial charge in [-0.2, -0.15) is 0 Å². The van der Waals surface area contributed by atoms with Gasteiger partial charge >= 0.3 is 11.9 Å². The molecular weight excluding hydrogens is 600 g/mol. The standard InChI is InChI=1S/C42H30O6/c43-41(31-11-17-37(18-12-31)45-27-29-7-3-1-4-8-29)47-39-21-15-33-24-36-26-40(22-16-34(36)23-35(33)25-39)48-42(44)32-13-19-38(20-14-32)46-28-30-9-5-2-6-10-30/h1-26H,27-28H2. The van der Waals surface area contributed by atoms with Crippen LogP contribution in [0.15, 0.2) is 158 Å². The van der Waals surface area contributed by atoms with E-state index >= 15 is 0 Å². The van der Waals surface area contributed by atoms with Crippen molar-refractivity contribution in [2.75, 3.05) is 0 Å². The summed E-state index contributed by atoms with van der Waals surface area (Å²) in [6.07, 6.45) is 0. The summed E-state index contributed by atoms with van der Waals surface area (Å²) in [5.41, 5.74) is 2.99. The fourth-order valence-corrected chi connectivity index (χ4v) is 5.27. The highest BCUT2D eigenvalue weighted by Gasteiger charge is 2.12. The van der Waals surface area contributed by atoms with E-state index in [1.54, 1.807) is 60.7 Å². The third-order valence-electron chi connectivity index (χ3n) is 7.84. The zero-order valence-electron chi connectivity index (χ0n) is 25.9. The topological polar surface area (TPSA) is 71.1 Å². The van der Waals surface area contributed by atoms with Crippen LogP contribution in [0.3, 0.4) is 0 Å². The van der Waals surface area contributed by atoms with Crippen molar-refractivity contribution >= 4 is 33.5 Å². The highest BCUT2D eigenvalue weighted by Crippen LogP contribution is 2.30. The molecule has 0 saturated heterocycles. The SMILES string of the molecule is O=C(Oc1ccc2cc3cc(OC(=O)c4ccc(OCc5ccccc5)cc4)ccc3cc2c1)c1ccc(OCc2ccccc2)cc1. The first-order valence-corrected chi connectivity index (χ1v) is 15.5. The number of hydrogen-bond acceptors (Lipinski definition) is 6. The lowest BCUT2D eigenvalue weighted by atomic mass is 10.0. The van der Waals surface area contributed by atoms with Gasteiger partial charge in [0.15, 0.2) is 0 Å². The quantitative estimate of drug-likeness (QED) is 0.0852. The fraction of sp³-hybridized carbons (Fsp3) is 0.0476. The van der Waals surface area contributed by atoms with E-state index in [1.165, 1.54) is 0 Å². The molecule has 0 radical (unpaired) electrons. The number of ether oxygens (including phenoxy) is 4. The molecule has 0 bridgehead atoms. The van der Waals surface area contributed by atoms with Crippen molar-refractivity contribution in [3.63, 3.8) is 0 Å². The van der Waals surface area contributed by atoms with Gasteiger partial charge in [0.25, 0.3) is 0 Å². The highest BCUT2D eigenvalue weighted by molar-refractivity contribution is 6.00. The van der Waals surface area contributed by atoms with Gasteiger partial charge in [0.05, 0.1) is 11.1 Å². The number of carbonyl (C=O) groups excluding carboxylic acids is 2. The minimum atomic E-state index is -0.453. The molecule has 7 aromatic rings. The third-order valence-corrected chi connectivity index (χ3v) is 7.84. The van der Waals surface area contributed by atoms with Crippen molar-refractivity contribution in [3.8, 4) is 23.0 Å². The number of esters is 2. The van der Waals surface area contributed by atoms with Crippen molar-refractivity contribution in [1.29, 1.82) is 0 Å². The van der Waals surface area contributed by atoms with Crippen LogP contribution in [0.25, 0.3) is 21.5 Å². The summed E-state index contributed by atoms with van der Waals surface area (Å²) in [6.45, 7) is 0.896. The molecule has 234 valence electrons. The normalized spacial score (nSPS) is 10.8. The molecule has 0 atom stereocenters. The average Bonchev–Trinajstić information content (AvgIpc) is 3.13. The maximum absolute atomic E-state index is 12.9. The first-order valence-electron chi connectivity index (χ1n) is 15.5. The lowest BCUT2D eigenvalue weighted by Crippen LogP contribution is -2.08. The predicted molar refractivity (Wildman–Crippen MR) is 186 cm³/mol. The van der Waals surface area contributed by atoms with Gasteiger partial charge in [0, 0.05) is 0 Å². The molecular formula is C42H30O6. The molecule has 0 aromatic heterocycles. The molecule has 0 fully saturated rings. The van der Waals surface area contributed by atoms with Crippen molar-refractivity contribution in [2.45, 2.75) is 13.2 Å². The van der Waals surface area contributed by atoms with Crippen LogP contribution in [0, 0.1) is 0 Å². The monoisotopic (exact) mass is 630 g/mol. The largest absolute Gasteiger partial charge is 0.489 e. The van der Waals surface area contributed by atoms with Crippen molar-refractivity contribution in [1.82, 2.24) is 0 Å². The van der Waals surface area contributed by atoms with Gasteiger partial charge in [-0.15, -0.1) is 0 Å². The molecule has 0 saturated carbocycles. The van der Waals surface area contributed by atoms with E-state index in [2.05, 4.69) is 0 Å². The lowest BCUT2D eigenvalue weighted by molar-refractivity contribution is 0.0725. The molecule has 7 aromatic carbocycles. The smallest absolute Gasteiger partial charge is 0.343 e. The van der Waals surface area contributed by atoms with Gasteiger partial charge in [-0.25, -0.2) is 9.59 Å². The highest BCUT2D eigenvalue weighted by atomic mass is 16.5. The number of fused-ring (bicyclic) bond motifs is 2. The molecule has 6 nitrogen and oxygen atoms in total. The first kappa shape index (κ1) is 30.3. The molecule has 0 aliphatic heterocycles. The summed E-state index contributed by atoms with van der Waals surface area (Å²) >= 11 is 0. The summed E-state index contributed by atoms with van der Waals surface area (Å²) in [5.74, 6) is 1.32. The fourth-order valence-electron chi connectivity index (χ4n) is 5.27. The number of hydrogen-bond donors (Lipinski definition) is 0. The van der Waals surface area contributed by atoms with E-state index in [1.807, 2.05) is 97.1 Å². The van der Waals surface area contributed by atoms with Gasteiger partial charge in [-0.3, -0.25) is 0 Å². The minimum absolute atomic E-state index is 0.426. The van der Waals surface area contributed by atoms with Crippen molar-refractivity contribution in [3.05, 3.63) is 180 Å². The van der Waals surface area contributed by atoms with Crippen LogP contribution < -0.4 is 18.9 Å². The van der Waals surface area contributed by atoms with Crippen LogP contribution in [0.2, 0.25) is 0 Å².